The molecule has 0 aliphatic carbocycles. The zero-order chi connectivity index (χ0) is 23.1. The topological polar surface area (TPSA) is 88.6 Å². The van der Waals surface area contributed by atoms with Crippen molar-refractivity contribution in [3.8, 4) is 0 Å². The van der Waals surface area contributed by atoms with Crippen LogP contribution in [0.25, 0.3) is 0 Å². The monoisotopic (exact) mass is 435 g/mol. The summed E-state index contributed by atoms with van der Waals surface area (Å²) in [4.78, 5) is 41.4. The molecule has 0 radical (unpaired) electrons. The summed E-state index contributed by atoms with van der Waals surface area (Å²) in [7, 11) is 0. The SMILES string of the molecule is CC(c1ccc(F)cc1)N1C(=O)OC(C(=O)Nc2cccnc2)C1=O.Cc1ccccc1. The lowest BCUT2D eigenvalue weighted by Crippen LogP contribution is -2.38. The number of aryl methyl sites for hydroxylation is 1. The van der Waals surface area contributed by atoms with E-state index in [1.807, 2.05) is 18.2 Å². The first-order valence-corrected chi connectivity index (χ1v) is 9.88. The number of cyclic esters (lactones) is 1. The predicted molar refractivity (Wildman–Crippen MR) is 116 cm³/mol. The Hall–Kier alpha value is -4.07. The smallest absolute Gasteiger partial charge is 0.418 e. The highest BCUT2D eigenvalue weighted by molar-refractivity contribution is 6.16. The molecule has 164 valence electrons. The first-order chi connectivity index (χ1) is 15.4. The molecule has 0 spiro atoms. The molecule has 32 heavy (non-hydrogen) atoms. The van der Waals surface area contributed by atoms with E-state index in [1.54, 1.807) is 19.1 Å². The zero-order valence-corrected chi connectivity index (χ0v) is 17.6. The Morgan fingerprint density at radius 1 is 1.06 bits per heavy atom. The van der Waals surface area contributed by atoms with Gasteiger partial charge in [-0.05, 0) is 43.7 Å². The molecule has 1 aliphatic rings. The van der Waals surface area contributed by atoms with Gasteiger partial charge in [0.05, 0.1) is 17.9 Å². The van der Waals surface area contributed by atoms with Crippen molar-refractivity contribution < 1.29 is 23.5 Å². The standard InChI is InChI=1S/C17H14FN3O4.C7H8/c1-10(11-4-6-12(18)7-5-11)21-16(23)14(25-17(21)24)15(22)20-13-3-2-8-19-9-13;1-7-5-3-2-4-6-7/h2-10,14H,1H3,(H,20,22);2-6H,1H3. The van der Waals surface area contributed by atoms with Gasteiger partial charge in [0.1, 0.15) is 5.82 Å². The Morgan fingerprint density at radius 2 is 1.75 bits per heavy atom. The van der Waals surface area contributed by atoms with Crippen LogP contribution < -0.4 is 5.32 Å². The molecule has 7 nitrogen and oxygen atoms in total. The number of nitrogens with zero attached hydrogens (tertiary/aromatic N) is 2. The van der Waals surface area contributed by atoms with Gasteiger partial charge in [-0.3, -0.25) is 14.6 Å². The molecule has 2 atom stereocenters. The van der Waals surface area contributed by atoms with E-state index in [4.69, 9.17) is 4.74 Å². The molecular weight excluding hydrogens is 413 g/mol. The number of carbonyl (C=O) groups is 3. The van der Waals surface area contributed by atoms with E-state index in [0.717, 1.165) is 4.90 Å². The fourth-order valence-electron chi connectivity index (χ4n) is 3.01. The Kier molecular flexibility index (Phi) is 7.28. The first kappa shape index (κ1) is 22.6. The van der Waals surface area contributed by atoms with Gasteiger partial charge in [0.25, 0.3) is 17.9 Å². The van der Waals surface area contributed by atoms with Gasteiger partial charge in [0.2, 0.25) is 0 Å². The number of benzene rings is 2. The molecule has 1 aliphatic heterocycles. The Labute approximate surface area is 184 Å². The third kappa shape index (κ3) is 5.54. The molecule has 0 saturated carbocycles. The Bertz CT molecular complexity index is 1080. The minimum absolute atomic E-state index is 0.376. The summed E-state index contributed by atoms with van der Waals surface area (Å²) >= 11 is 0. The minimum atomic E-state index is -1.57. The number of pyridine rings is 1. The lowest BCUT2D eigenvalue weighted by molar-refractivity contribution is -0.137. The zero-order valence-electron chi connectivity index (χ0n) is 17.6. The second-order valence-electron chi connectivity index (χ2n) is 7.09. The van der Waals surface area contributed by atoms with Crippen LogP contribution in [-0.4, -0.2) is 33.9 Å². The van der Waals surface area contributed by atoms with E-state index in [9.17, 15) is 18.8 Å². The summed E-state index contributed by atoms with van der Waals surface area (Å²) in [6.07, 6.45) is 0.435. The van der Waals surface area contributed by atoms with Crippen molar-refractivity contribution in [3.05, 3.63) is 96.1 Å². The van der Waals surface area contributed by atoms with Crippen LogP contribution in [0, 0.1) is 12.7 Å². The summed E-state index contributed by atoms with van der Waals surface area (Å²) in [5, 5.41) is 2.47. The average Bonchev–Trinajstić information content (AvgIpc) is 3.09. The van der Waals surface area contributed by atoms with Gasteiger partial charge in [-0.2, -0.15) is 0 Å². The van der Waals surface area contributed by atoms with Crippen LogP contribution in [0.5, 0.6) is 0 Å². The third-order valence-electron chi connectivity index (χ3n) is 4.72. The van der Waals surface area contributed by atoms with Crippen molar-refractivity contribution in [2.75, 3.05) is 5.32 Å². The van der Waals surface area contributed by atoms with Crippen LogP contribution in [0.4, 0.5) is 14.9 Å². The van der Waals surface area contributed by atoms with Crippen molar-refractivity contribution in [3.63, 3.8) is 0 Å². The van der Waals surface area contributed by atoms with Crippen molar-refractivity contribution >= 4 is 23.6 Å². The van der Waals surface area contributed by atoms with Crippen LogP contribution in [0.15, 0.2) is 79.1 Å². The maximum absolute atomic E-state index is 13.0. The fourth-order valence-corrected chi connectivity index (χ4v) is 3.01. The number of nitrogens with one attached hydrogen (secondary N) is 1. The third-order valence-corrected chi connectivity index (χ3v) is 4.72. The average molecular weight is 435 g/mol. The van der Waals surface area contributed by atoms with Crippen molar-refractivity contribution in [1.82, 2.24) is 9.88 Å². The van der Waals surface area contributed by atoms with E-state index in [2.05, 4.69) is 29.4 Å². The number of rotatable bonds is 4. The summed E-state index contributed by atoms with van der Waals surface area (Å²) in [5.74, 6) is -1.97. The molecular formula is C24H22FN3O4. The molecule has 1 aromatic heterocycles. The number of hydrogen-bond acceptors (Lipinski definition) is 5. The Balaban J connectivity index is 0.000000352. The summed E-state index contributed by atoms with van der Waals surface area (Å²) in [5.41, 5.74) is 2.24. The van der Waals surface area contributed by atoms with Gasteiger partial charge in [0.15, 0.2) is 0 Å². The quantitative estimate of drug-likeness (QED) is 0.619. The largest absolute Gasteiger partial charge is 0.425 e. The molecule has 2 aromatic carbocycles. The molecule has 1 saturated heterocycles. The van der Waals surface area contributed by atoms with E-state index in [1.165, 1.54) is 42.2 Å². The van der Waals surface area contributed by atoms with Crippen molar-refractivity contribution in [1.29, 1.82) is 0 Å². The lowest BCUT2D eigenvalue weighted by Gasteiger charge is -2.20. The van der Waals surface area contributed by atoms with E-state index < -0.39 is 35.9 Å². The number of halogens is 1. The van der Waals surface area contributed by atoms with Crippen LogP contribution in [0.1, 0.15) is 24.1 Å². The lowest BCUT2D eigenvalue weighted by atomic mass is 10.1. The Morgan fingerprint density at radius 3 is 2.31 bits per heavy atom. The number of imide groups is 1. The highest BCUT2D eigenvalue weighted by atomic mass is 19.1. The van der Waals surface area contributed by atoms with E-state index in [-0.39, 0.29) is 0 Å². The fraction of sp³-hybridized carbons (Fsp3) is 0.167. The second-order valence-corrected chi connectivity index (χ2v) is 7.09. The molecule has 2 unspecified atom stereocenters. The van der Waals surface area contributed by atoms with Gasteiger partial charge in [-0.1, -0.05) is 48.0 Å². The maximum Gasteiger partial charge on any atom is 0.418 e. The predicted octanol–water partition coefficient (Wildman–Crippen LogP) is 4.26. The van der Waals surface area contributed by atoms with E-state index >= 15 is 0 Å². The van der Waals surface area contributed by atoms with Gasteiger partial charge in [0, 0.05) is 6.20 Å². The number of hydrogen-bond donors (Lipinski definition) is 1. The number of amides is 3. The molecule has 1 N–H and O–H groups in total. The molecule has 2 heterocycles. The minimum Gasteiger partial charge on any atom is -0.425 e. The first-order valence-electron chi connectivity index (χ1n) is 9.88. The number of carbonyl (C=O) groups excluding carboxylic acids is 3. The highest BCUT2D eigenvalue weighted by Crippen LogP contribution is 2.27. The molecule has 8 heteroatoms. The normalized spacial score (nSPS) is 16.0. The number of anilines is 1. The maximum atomic E-state index is 13.0. The van der Waals surface area contributed by atoms with Gasteiger partial charge < -0.3 is 10.1 Å². The van der Waals surface area contributed by atoms with Crippen LogP contribution in [-0.2, 0) is 14.3 Å². The second kappa shape index (κ2) is 10.3. The molecule has 0 bridgehead atoms. The highest BCUT2D eigenvalue weighted by Gasteiger charge is 2.47. The molecule has 1 fully saturated rings. The number of aromatic nitrogens is 1. The van der Waals surface area contributed by atoms with Crippen molar-refractivity contribution in [2.24, 2.45) is 0 Å². The van der Waals surface area contributed by atoms with Gasteiger partial charge in [-0.25, -0.2) is 14.1 Å². The van der Waals surface area contributed by atoms with E-state index in [0.29, 0.717) is 11.3 Å². The van der Waals surface area contributed by atoms with Gasteiger partial charge in [-0.15, -0.1) is 0 Å². The van der Waals surface area contributed by atoms with Crippen LogP contribution in [0.3, 0.4) is 0 Å². The van der Waals surface area contributed by atoms with Crippen LogP contribution in [0.2, 0.25) is 0 Å². The summed E-state index contributed by atoms with van der Waals surface area (Å²) in [6, 6.07) is 18.1. The number of ether oxygens (including phenoxy) is 1. The summed E-state index contributed by atoms with van der Waals surface area (Å²) in [6.45, 7) is 3.67. The van der Waals surface area contributed by atoms with Crippen LogP contribution >= 0.6 is 0 Å². The van der Waals surface area contributed by atoms with Gasteiger partial charge >= 0.3 is 6.09 Å². The molecule has 3 aromatic rings. The summed E-state index contributed by atoms with van der Waals surface area (Å²) < 4.78 is 17.9. The molecule has 4 rings (SSSR count). The molecule has 3 amide bonds. The van der Waals surface area contributed by atoms with Crippen molar-refractivity contribution in [2.45, 2.75) is 26.0 Å².